The minimum atomic E-state index is -0.388. The fourth-order valence-corrected chi connectivity index (χ4v) is 2.62. The Hall–Kier alpha value is -3.88. The van der Waals surface area contributed by atoms with Crippen molar-refractivity contribution in [2.45, 2.75) is 0 Å². The van der Waals surface area contributed by atoms with Crippen LogP contribution < -0.4 is 20.1 Å². The lowest BCUT2D eigenvalue weighted by atomic mass is 10.2. The summed E-state index contributed by atoms with van der Waals surface area (Å²) in [6.45, 7) is 1.06. The summed E-state index contributed by atoms with van der Waals surface area (Å²) in [5.74, 6) is 1.82. The van der Waals surface area contributed by atoms with Gasteiger partial charge in [0.25, 0.3) is 0 Å². The van der Waals surface area contributed by atoms with Crippen LogP contribution in [0.4, 0.5) is 23.1 Å². The van der Waals surface area contributed by atoms with Crippen LogP contribution in [0.2, 0.25) is 0 Å². The van der Waals surface area contributed by atoms with Crippen molar-refractivity contribution in [2.75, 3.05) is 31.0 Å². The Morgan fingerprint density at radius 3 is 2.54 bits per heavy atom. The number of nitrogens with one attached hydrogen (secondary N) is 2. The summed E-state index contributed by atoms with van der Waals surface area (Å²) in [6, 6.07) is 12.3. The summed E-state index contributed by atoms with van der Waals surface area (Å²) >= 11 is 0. The number of aromatic nitrogens is 3. The van der Waals surface area contributed by atoms with Gasteiger partial charge >= 0.3 is 5.97 Å². The molecular weight excluding hydrogens is 362 g/mol. The van der Waals surface area contributed by atoms with Crippen molar-refractivity contribution in [1.82, 2.24) is 15.2 Å². The van der Waals surface area contributed by atoms with E-state index < -0.39 is 0 Å². The molecule has 3 aromatic rings. The van der Waals surface area contributed by atoms with E-state index in [1.54, 1.807) is 24.3 Å². The van der Waals surface area contributed by atoms with Gasteiger partial charge < -0.3 is 24.8 Å². The lowest BCUT2D eigenvalue weighted by Crippen LogP contribution is -2.15. The van der Waals surface area contributed by atoms with Gasteiger partial charge in [-0.15, -0.1) is 5.10 Å². The number of esters is 1. The molecule has 0 fully saturated rings. The highest BCUT2D eigenvalue weighted by molar-refractivity contribution is 5.89. The van der Waals surface area contributed by atoms with E-state index in [2.05, 4.69) is 30.6 Å². The van der Waals surface area contributed by atoms with Gasteiger partial charge in [-0.05, 0) is 36.4 Å². The zero-order chi connectivity index (χ0) is 19.3. The number of carbonyl (C=O) groups is 1. The Kier molecular flexibility index (Phi) is 4.87. The molecular formula is C19H17N5O4. The number of hydrogen-bond donors (Lipinski definition) is 2. The van der Waals surface area contributed by atoms with E-state index in [0.717, 1.165) is 11.4 Å². The van der Waals surface area contributed by atoms with Gasteiger partial charge in [0.2, 0.25) is 5.95 Å². The van der Waals surface area contributed by atoms with E-state index in [-0.39, 0.29) is 5.97 Å². The van der Waals surface area contributed by atoms with Gasteiger partial charge in [-0.2, -0.15) is 10.1 Å². The molecule has 0 bridgehead atoms. The van der Waals surface area contributed by atoms with Crippen LogP contribution >= 0.6 is 0 Å². The molecule has 0 saturated heterocycles. The molecule has 2 aromatic carbocycles. The minimum Gasteiger partial charge on any atom is -0.486 e. The highest BCUT2D eigenvalue weighted by Crippen LogP contribution is 2.33. The molecule has 142 valence electrons. The van der Waals surface area contributed by atoms with Crippen LogP contribution in [0.3, 0.4) is 0 Å². The fraction of sp³-hybridized carbons (Fsp3) is 0.158. The van der Waals surface area contributed by atoms with Crippen molar-refractivity contribution >= 4 is 29.1 Å². The Bertz CT molecular complexity index is 994. The molecule has 1 aliphatic heterocycles. The Labute approximate surface area is 160 Å². The highest BCUT2D eigenvalue weighted by Gasteiger charge is 2.12. The standard InChI is InChI=1S/C19H17N5O4/c1-26-18(25)12-2-4-13(5-3-12)21-17-11-20-24-19(23-17)22-14-6-7-15-16(10-14)28-9-8-27-15/h2-7,10-11H,8-9H2,1H3,(H2,21,22,23,24). The first-order chi connectivity index (χ1) is 13.7. The number of methoxy groups -OCH3 is 1. The number of ether oxygens (including phenoxy) is 3. The monoisotopic (exact) mass is 379 g/mol. The molecule has 9 heteroatoms. The van der Waals surface area contributed by atoms with Crippen LogP contribution in [-0.2, 0) is 4.74 Å². The van der Waals surface area contributed by atoms with Crippen LogP contribution in [-0.4, -0.2) is 41.5 Å². The fourth-order valence-electron chi connectivity index (χ4n) is 2.62. The van der Waals surface area contributed by atoms with E-state index in [4.69, 9.17) is 9.47 Å². The maximum atomic E-state index is 11.5. The van der Waals surface area contributed by atoms with Gasteiger partial charge in [0.15, 0.2) is 17.3 Å². The largest absolute Gasteiger partial charge is 0.486 e. The van der Waals surface area contributed by atoms with E-state index in [0.29, 0.717) is 42.0 Å². The second kappa shape index (κ2) is 7.78. The lowest BCUT2D eigenvalue weighted by molar-refractivity contribution is 0.0601. The van der Waals surface area contributed by atoms with Crippen molar-refractivity contribution in [3.63, 3.8) is 0 Å². The first-order valence-corrected chi connectivity index (χ1v) is 8.53. The van der Waals surface area contributed by atoms with Gasteiger partial charge in [-0.25, -0.2) is 4.79 Å². The zero-order valence-corrected chi connectivity index (χ0v) is 15.0. The number of nitrogens with zero attached hydrogens (tertiary/aromatic N) is 3. The van der Waals surface area contributed by atoms with Gasteiger partial charge in [0.05, 0.1) is 18.9 Å². The average molecular weight is 379 g/mol. The molecule has 4 rings (SSSR count). The van der Waals surface area contributed by atoms with Crippen molar-refractivity contribution in [2.24, 2.45) is 0 Å². The maximum Gasteiger partial charge on any atom is 0.337 e. The SMILES string of the molecule is COC(=O)c1ccc(Nc2cnnc(Nc3ccc4c(c3)OCCO4)n2)cc1. The predicted octanol–water partition coefficient (Wildman–Crippen LogP) is 2.92. The molecule has 1 aliphatic rings. The predicted molar refractivity (Wildman–Crippen MR) is 102 cm³/mol. The third-order valence-electron chi connectivity index (χ3n) is 3.94. The van der Waals surface area contributed by atoms with Crippen LogP contribution in [0.1, 0.15) is 10.4 Å². The summed E-state index contributed by atoms with van der Waals surface area (Å²) in [4.78, 5) is 15.9. The molecule has 0 atom stereocenters. The van der Waals surface area contributed by atoms with Crippen molar-refractivity contribution in [3.8, 4) is 11.5 Å². The summed E-state index contributed by atoms with van der Waals surface area (Å²) in [5.41, 5.74) is 1.97. The maximum absolute atomic E-state index is 11.5. The molecule has 0 radical (unpaired) electrons. The molecule has 9 nitrogen and oxygen atoms in total. The second-order valence-electron chi connectivity index (χ2n) is 5.84. The highest BCUT2D eigenvalue weighted by atomic mass is 16.6. The molecule has 0 spiro atoms. The quantitative estimate of drug-likeness (QED) is 0.647. The van der Waals surface area contributed by atoms with Gasteiger partial charge in [0.1, 0.15) is 13.2 Å². The molecule has 0 unspecified atom stereocenters. The lowest BCUT2D eigenvalue weighted by Gasteiger charge is -2.19. The Morgan fingerprint density at radius 1 is 1.00 bits per heavy atom. The molecule has 0 amide bonds. The third kappa shape index (κ3) is 3.93. The Balaban J connectivity index is 1.46. The van der Waals surface area contributed by atoms with Crippen LogP contribution in [0.15, 0.2) is 48.7 Å². The van der Waals surface area contributed by atoms with Crippen LogP contribution in [0.5, 0.6) is 11.5 Å². The van der Waals surface area contributed by atoms with Gasteiger partial charge in [-0.1, -0.05) is 0 Å². The number of carbonyl (C=O) groups excluding carboxylic acids is 1. The molecule has 2 N–H and O–H groups in total. The van der Waals surface area contributed by atoms with Gasteiger partial charge in [0, 0.05) is 17.4 Å². The smallest absolute Gasteiger partial charge is 0.337 e. The van der Waals surface area contributed by atoms with Gasteiger partial charge in [-0.3, -0.25) is 0 Å². The minimum absolute atomic E-state index is 0.327. The zero-order valence-electron chi connectivity index (χ0n) is 15.0. The Morgan fingerprint density at radius 2 is 1.75 bits per heavy atom. The molecule has 0 saturated carbocycles. The van der Waals surface area contributed by atoms with Crippen molar-refractivity contribution in [3.05, 3.63) is 54.2 Å². The van der Waals surface area contributed by atoms with E-state index in [1.165, 1.54) is 13.3 Å². The van der Waals surface area contributed by atoms with Crippen LogP contribution in [0.25, 0.3) is 0 Å². The first kappa shape index (κ1) is 17.5. The average Bonchev–Trinajstić information content (AvgIpc) is 2.74. The van der Waals surface area contributed by atoms with Crippen molar-refractivity contribution in [1.29, 1.82) is 0 Å². The number of benzene rings is 2. The van der Waals surface area contributed by atoms with E-state index in [1.807, 2.05) is 18.2 Å². The summed E-state index contributed by atoms with van der Waals surface area (Å²) < 4.78 is 15.8. The number of rotatable bonds is 5. The molecule has 28 heavy (non-hydrogen) atoms. The van der Waals surface area contributed by atoms with Crippen LogP contribution in [0, 0.1) is 0 Å². The topological polar surface area (TPSA) is 107 Å². The molecule has 2 heterocycles. The van der Waals surface area contributed by atoms with Crippen molar-refractivity contribution < 1.29 is 19.0 Å². The molecule has 0 aliphatic carbocycles. The normalized spacial score (nSPS) is 12.2. The van der Waals surface area contributed by atoms with E-state index in [9.17, 15) is 4.79 Å². The first-order valence-electron chi connectivity index (χ1n) is 8.53. The number of fused-ring (bicyclic) bond motifs is 1. The third-order valence-corrected chi connectivity index (χ3v) is 3.94. The van der Waals surface area contributed by atoms with E-state index >= 15 is 0 Å². The summed E-state index contributed by atoms with van der Waals surface area (Å²) in [7, 11) is 1.34. The summed E-state index contributed by atoms with van der Waals surface area (Å²) in [5, 5.41) is 14.2. The molecule has 1 aromatic heterocycles. The number of anilines is 4. The second-order valence-corrected chi connectivity index (χ2v) is 5.84. The summed E-state index contributed by atoms with van der Waals surface area (Å²) in [6.07, 6.45) is 1.50. The number of hydrogen-bond acceptors (Lipinski definition) is 9.